The van der Waals surface area contributed by atoms with Gasteiger partial charge < -0.3 is 10.1 Å². The Balaban J connectivity index is 2.09. The first kappa shape index (κ1) is 12.0. The van der Waals surface area contributed by atoms with Gasteiger partial charge in [-0.1, -0.05) is 6.92 Å². The minimum absolute atomic E-state index is 0.149. The van der Waals surface area contributed by atoms with E-state index in [0.29, 0.717) is 6.61 Å². The molecule has 92 valence electrons. The largest absolute Gasteiger partial charge is 0.494 e. The van der Waals surface area contributed by atoms with E-state index in [1.165, 1.54) is 0 Å². The van der Waals surface area contributed by atoms with Gasteiger partial charge in [-0.15, -0.1) is 0 Å². The van der Waals surface area contributed by atoms with Crippen LogP contribution in [0, 0.1) is 5.92 Å². The Kier molecular flexibility index (Phi) is 3.67. The molecular weight excluding hydrogens is 214 g/mol. The highest BCUT2D eigenvalue weighted by Crippen LogP contribution is 2.31. The number of carbonyl (C=O) groups is 1. The van der Waals surface area contributed by atoms with Gasteiger partial charge in [0.15, 0.2) is 0 Å². The van der Waals surface area contributed by atoms with E-state index >= 15 is 0 Å². The van der Waals surface area contributed by atoms with Crippen LogP contribution in [0.15, 0.2) is 18.2 Å². The highest BCUT2D eigenvalue weighted by Gasteiger charge is 2.29. The Hall–Kier alpha value is -1.51. The second kappa shape index (κ2) is 5.21. The van der Waals surface area contributed by atoms with Crippen LogP contribution >= 0.6 is 0 Å². The topological polar surface area (TPSA) is 38.3 Å². The molecule has 1 aromatic carbocycles. The Morgan fingerprint density at radius 3 is 2.76 bits per heavy atom. The Bertz CT molecular complexity index is 411. The van der Waals surface area contributed by atoms with Crippen molar-refractivity contribution in [2.45, 2.75) is 33.1 Å². The van der Waals surface area contributed by atoms with Crippen LogP contribution in [0.3, 0.4) is 0 Å². The molecule has 1 saturated carbocycles. The van der Waals surface area contributed by atoms with Crippen LogP contribution in [0.1, 0.15) is 32.3 Å². The number of aryl methyl sites for hydroxylation is 1. The van der Waals surface area contributed by atoms with Crippen molar-refractivity contribution in [3.05, 3.63) is 23.8 Å². The van der Waals surface area contributed by atoms with E-state index in [9.17, 15) is 4.79 Å². The molecule has 3 heteroatoms. The summed E-state index contributed by atoms with van der Waals surface area (Å²) in [4.78, 5) is 11.6. The lowest BCUT2D eigenvalue weighted by Crippen LogP contribution is -2.13. The first-order chi connectivity index (χ1) is 8.24. The molecule has 17 heavy (non-hydrogen) atoms. The highest BCUT2D eigenvalue weighted by atomic mass is 16.5. The molecule has 0 aromatic heterocycles. The van der Waals surface area contributed by atoms with Crippen molar-refractivity contribution < 1.29 is 9.53 Å². The van der Waals surface area contributed by atoms with E-state index < -0.39 is 0 Å². The molecule has 0 atom stereocenters. The molecule has 0 heterocycles. The number of rotatable bonds is 5. The number of anilines is 1. The molecule has 1 aliphatic carbocycles. The maximum atomic E-state index is 11.6. The highest BCUT2D eigenvalue weighted by molar-refractivity contribution is 5.94. The fourth-order valence-electron chi connectivity index (χ4n) is 1.82. The molecule has 1 N–H and O–H groups in total. The molecule has 0 radical (unpaired) electrons. The van der Waals surface area contributed by atoms with E-state index in [-0.39, 0.29) is 11.8 Å². The number of hydrogen-bond acceptors (Lipinski definition) is 2. The zero-order chi connectivity index (χ0) is 12.3. The van der Waals surface area contributed by atoms with E-state index in [2.05, 4.69) is 12.2 Å². The second-order valence-corrected chi connectivity index (χ2v) is 4.37. The summed E-state index contributed by atoms with van der Waals surface area (Å²) < 4.78 is 5.53. The van der Waals surface area contributed by atoms with Gasteiger partial charge >= 0.3 is 0 Å². The predicted octanol–water partition coefficient (Wildman–Crippen LogP) is 3.00. The number of carbonyl (C=O) groups excluding carboxylic acids is 1. The molecule has 0 bridgehead atoms. The normalized spacial score (nSPS) is 14.5. The monoisotopic (exact) mass is 233 g/mol. The van der Waals surface area contributed by atoms with Gasteiger partial charge in [-0.05, 0) is 49.9 Å². The average molecular weight is 233 g/mol. The molecule has 0 spiro atoms. The van der Waals surface area contributed by atoms with Crippen LogP contribution in [-0.4, -0.2) is 12.5 Å². The van der Waals surface area contributed by atoms with Crippen LogP contribution in [0.2, 0.25) is 0 Å². The smallest absolute Gasteiger partial charge is 0.227 e. The van der Waals surface area contributed by atoms with Crippen molar-refractivity contribution in [3.63, 3.8) is 0 Å². The van der Waals surface area contributed by atoms with Crippen LogP contribution in [-0.2, 0) is 11.2 Å². The predicted molar refractivity (Wildman–Crippen MR) is 68.3 cm³/mol. The maximum absolute atomic E-state index is 11.6. The average Bonchev–Trinajstić information content (AvgIpc) is 3.15. The van der Waals surface area contributed by atoms with Crippen LogP contribution < -0.4 is 10.1 Å². The third-order valence-electron chi connectivity index (χ3n) is 2.96. The first-order valence-corrected chi connectivity index (χ1v) is 6.31. The molecule has 1 aromatic rings. The molecule has 3 nitrogen and oxygen atoms in total. The van der Waals surface area contributed by atoms with Crippen LogP contribution in [0.25, 0.3) is 0 Å². The summed E-state index contributed by atoms with van der Waals surface area (Å²) in [6.45, 7) is 4.73. The van der Waals surface area contributed by atoms with Gasteiger partial charge in [0.1, 0.15) is 5.75 Å². The summed E-state index contributed by atoms with van der Waals surface area (Å²) >= 11 is 0. The number of amides is 1. The summed E-state index contributed by atoms with van der Waals surface area (Å²) in [6, 6.07) is 5.85. The number of hydrogen-bond donors (Lipinski definition) is 1. The molecule has 0 aliphatic heterocycles. The Morgan fingerprint density at radius 2 is 2.18 bits per heavy atom. The molecule has 2 rings (SSSR count). The summed E-state index contributed by atoms with van der Waals surface area (Å²) in [5.41, 5.74) is 2.02. The van der Waals surface area contributed by atoms with Crippen LogP contribution in [0.4, 0.5) is 5.69 Å². The summed E-state index contributed by atoms with van der Waals surface area (Å²) in [7, 11) is 0. The number of benzene rings is 1. The van der Waals surface area contributed by atoms with Crippen molar-refractivity contribution in [1.29, 1.82) is 0 Å². The van der Waals surface area contributed by atoms with Gasteiger partial charge in [0.05, 0.1) is 6.61 Å². The molecule has 1 amide bonds. The molecule has 0 saturated heterocycles. The van der Waals surface area contributed by atoms with Gasteiger partial charge in [0.25, 0.3) is 0 Å². The van der Waals surface area contributed by atoms with Crippen molar-refractivity contribution in [2.75, 3.05) is 11.9 Å². The van der Waals surface area contributed by atoms with Gasteiger partial charge in [-0.25, -0.2) is 0 Å². The Morgan fingerprint density at radius 1 is 1.41 bits per heavy atom. The lowest BCUT2D eigenvalue weighted by molar-refractivity contribution is -0.117. The van der Waals surface area contributed by atoms with E-state index in [1.807, 2.05) is 25.1 Å². The fraction of sp³-hybridized carbons (Fsp3) is 0.500. The molecule has 1 aliphatic rings. The molecule has 0 unspecified atom stereocenters. The van der Waals surface area contributed by atoms with Gasteiger partial charge in [-0.3, -0.25) is 4.79 Å². The number of ether oxygens (including phenoxy) is 1. The molecule has 1 fully saturated rings. The Labute approximate surface area is 102 Å². The molecular formula is C14H19NO2. The fourth-order valence-corrected chi connectivity index (χ4v) is 1.82. The quantitative estimate of drug-likeness (QED) is 0.849. The SMILES string of the molecule is CCOc1ccc(NC(=O)C2CC2)cc1CC. The zero-order valence-electron chi connectivity index (χ0n) is 10.5. The minimum atomic E-state index is 0.149. The lowest BCUT2D eigenvalue weighted by Gasteiger charge is -2.11. The van der Waals surface area contributed by atoms with Crippen molar-refractivity contribution in [2.24, 2.45) is 5.92 Å². The van der Waals surface area contributed by atoms with Crippen LogP contribution in [0.5, 0.6) is 5.75 Å². The third-order valence-corrected chi connectivity index (χ3v) is 2.96. The summed E-state index contributed by atoms with van der Waals surface area (Å²) in [5.74, 6) is 1.31. The van der Waals surface area contributed by atoms with Crippen molar-refractivity contribution in [3.8, 4) is 5.75 Å². The van der Waals surface area contributed by atoms with Gasteiger partial charge in [0, 0.05) is 11.6 Å². The van der Waals surface area contributed by atoms with Crippen molar-refractivity contribution >= 4 is 11.6 Å². The summed E-state index contributed by atoms with van der Waals surface area (Å²) in [6.07, 6.45) is 2.97. The minimum Gasteiger partial charge on any atom is -0.494 e. The summed E-state index contributed by atoms with van der Waals surface area (Å²) in [5, 5.41) is 2.95. The second-order valence-electron chi connectivity index (χ2n) is 4.37. The lowest BCUT2D eigenvalue weighted by atomic mass is 10.1. The first-order valence-electron chi connectivity index (χ1n) is 6.31. The van der Waals surface area contributed by atoms with E-state index in [4.69, 9.17) is 4.74 Å². The maximum Gasteiger partial charge on any atom is 0.227 e. The van der Waals surface area contributed by atoms with E-state index in [0.717, 1.165) is 36.3 Å². The van der Waals surface area contributed by atoms with Gasteiger partial charge in [0.2, 0.25) is 5.91 Å². The zero-order valence-corrected chi connectivity index (χ0v) is 10.5. The van der Waals surface area contributed by atoms with Gasteiger partial charge in [-0.2, -0.15) is 0 Å². The number of nitrogens with one attached hydrogen (secondary N) is 1. The van der Waals surface area contributed by atoms with E-state index in [1.54, 1.807) is 0 Å². The standard InChI is InChI=1S/C14H19NO2/c1-3-10-9-12(7-8-13(10)17-4-2)15-14(16)11-5-6-11/h7-9,11H,3-6H2,1-2H3,(H,15,16). The third kappa shape index (κ3) is 2.99. The van der Waals surface area contributed by atoms with Crippen molar-refractivity contribution in [1.82, 2.24) is 0 Å².